The van der Waals surface area contributed by atoms with Crippen molar-refractivity contribution in [3.63, 3.8) is 0 Å². The van der Waals surface area contributed by atoms with Crippen LogP contribution in [0.4, 0.5) is 4.79 Å². The molecule has 0 aromatic rings. The first kappa shape index (κ1) is 11.7. The summed E-state index contributed by atoms with van der Waals surface area (Å²) in [6, 6.07) is 0.838. The van der Waals surface area contributed by atoms with Crippen LogP contribution in [-0.4, -0.2) is 41.8 Å². The van der Waals surface area contributed by atoms with E-state index in [9.17, 15) is 4.79 Å². The highest BCUT2D eigenvalue weighted by atomic mass is 16.6. The number of ether oxygens (including phenoxy) is 1. The maximum absolute atomic E-state index is 12.0. The normalized spacial score (nSPS) is 30.1. The van der Waals surface area contributed by atoms with Crippen LogP contribution in [0.3, 0.4) is 0 Å². The number of rotatable bonds is 0. The van der Waals surface area contributed by atoms with Crippen LogP contribution < -0.4 is 5.32 Å². The molecular formula is C12H22N2O2. The second-order valence-electron chi connectivity index (χ2n) is 5.73. The van der Waals surface area contributed by atoms with Crippen LogP contribution in [-0.2, 0) is 4.74 Å². The zero-order chi connectivity index (χ0) is 11.8. The van der Waals surface area contributed by atoms with Gasteiger partial charge in [0.05, 0.1) is 6.04 Å². The summed E-state index contributed by atoms with van der Waals surface area (Å²) in [7, 11) is 0. The molecule has 1 N–H and O–H groups in total. The number of carbonyl (C=O) groups is 1. The lowest BCUT2D eigenvalue weighted by Crippen LogP contribution is -2.49. The highest BCUT2D eigenvalue weighted by molar-refractivity contribution is 5.69. The molecule has 4 nitrogen and oxygen atoms in total. The van der Waals surface area contributed by atoms with Gasteiger partial charge in [0.15, 0.2) is 0 Å². The van der Waals surface area contributed by atoms with Crippen LogP contribution in [0.1, 0.15) is 40.0 Å². The van der Waals surface area contributed by atoms with Crippen LogP contribution in [0.25, 0.3) is 0 Å². The summed E-state index contributed by atoms with van der Waals surface area (Å²) in [5.74, 6) is 0. The highest BCUT2D eigenvalue weighted by Crippen LogP contribution is 2.26. The Kier molecular flexibility index (Phi) is 3.10. The van der Waals surface area contributed by atoms with Crippen molar-refractivity contribution in [1.29, 1.82) is 0 Å². The lowest BCUT2D eigenvalue weighted by atomic mass is 10.00. The molecule has 2 saturated heterocycles. The molecule has 0 bridgehead atoms. The van der Waals surface area contributed by atoms with E-state index in [4.69, 9.17) is 4.74 Å². The van der Waals surface area contributed by atoms with Crippen LogP contribution in [0.15, 0.2) is 0 Å². The predicted octanol–water partition coefficient (Wildman–Crippen LogP) is 1.75. The SMILES string of the molecule is CC(C)(C)OC(=O)N1CC[C@H]2NCCC[C@@H]21. The molecule has 0 aromatic heterocycles. The van der Waals surface area contributed by atoms with Gasteiger partial charge in [0.1, 0.15) is 5.60 Å². The minimum absolute atomic E-state index is 0.149. The summed E-state index contributed by atoms with van der Waals surface area (Å²) >= 11 is 0. The van der Waals surface area contributed by atoms with Crippen molar-refractivity contribution in [2.75, 3.05) is 13.1 Å². The molecule has 2 aliphatic heterocycles. The second-order valence-corrected chi connectivity index (χ2v) is 5.73. The van der Waals surface area contributed by atoms with Crippen molar-refractivity contribution in [2.24, 2.45) is 0 Å². The van der Waals surface area contributed by atoms with Crippen molar-refractivity contribution in [3.8, 4) is 0 Å². The van der Waals surface area contributed by atoms with Gasteiger partial charge in [-0.15, -0.1) is 0 Å². The minimum Gasteiger partial charge on any atom is -0.444 e. The van der Waals surface area contributed by atoms with Gasteiger partial charge in [-0.2, -0.15) is 0 Å². The van der Waals surface area contributed by atoms with E-state index in [0.717, 1.165) is 32.4 Å². The number of piperidine rings is 1. The Bertz CT molecular complexity index is 273. The number of likely N-dealkylation sites (tertiary alicyclic amines) is 1. The van der Waals surface area contributed by atoms with Crippen molar-refractivity contribution in [3.05, 3.63) is 0 Å². The third-order valence-corrected chi connectivity index (χ3v) is 3.26. The van der Waals surface area contributed by atoms with Crippen LogP contribution in [0.2, 0.25) is 0 Å². The average Bonchev–Trinajstić information content (AvgIpc) is 2.58. The van der Waals surface area contributed by atoms with Gasteiger partial charge in [-0.05, 0) is 46.6 Å². The summed E-state index contributed by atoms with van der Waals surface area (Å²) in [6.45, 7) is 7.66. The standard InChI is InChI=1S/C12H22N2O2/c1-12(2,3)16-11(15)14-8-6-9-10(14)5-4-7-13-9/h9-10,13H,4-8H2,1-3H3/t9-,10+/m1/s1. The molecule has 2 fully saturated rings. The summed E-state index contributed by atoms with van der Waals surface area (Å²) in [5.41, 5.74) is -0.392. The van der Waals surface area contributed by atoms with Gasteiger partial charge in [-0.1, -0.05) is 0 Å². The second kappa shape index (κ2) is 4.24. The number of hydrogen-bond acceptors (Lipinski definition) is 3. The van der Waals surface area contributed by atoms with Gasteiger partial charge in [0.25, 0.3) is 0 Å². The van der Waals surface area contributed by atoms with E-state index in [1.807, 2.05) is 25.7 Å². The fourth-order valence-corrected chi connectivity index (χ4v) is 2.59. The molecule has 0 unspecified atom stereocenters. The third kappa shape index (κ3) is 2.48. The fraction of sp³-hybridized carbons (Fsp3) is 0.917. The summed E-state index contributed by atoms with van der Waals surface area (Å²) in [4.78, 5) is 13.9. The fourth-order valence-electron chi connectivity index (χ4n) is 2.59. The van der Waals surface area contributed by atoms with Gasteiger partial charge in [-0.25, -0.2) is 4.79 Å². The maximum atomic E-state index is 12.0. The van der Waals surface area contributed by atoms with E-state index in [0.29, 0.717) is 12.1 Å². The molecule has 16 heavy (non-hydrogen) atoms. The first-order valence-corrected chi connectivity index (χ1v) is 6.20. The van der Waals surface area contributed by atoms with Crippen molar-refractivity contribution in [1.82, 2.24) is 10.2 Å². The van der Waals surface area contributed by atoms with E-state index in [-0.39, 0.29) is 6.09 Å². The Morgan fingerprint density at radius 2 is 2.12 bits per heavy atom. The molecule has 0 radical (unpaired) electrons. The van der Waals surface area contributed by atoms with E-state index < -0.39 is 5.60 Å². The quantitative estimate of drug-likeness (QED) is 0.684. The van der Waals surface area contributed by atoms with Gasteiger partial charge < -0.3 is 15.0 Å². The van der Waals surface area contributed by atoms with Gasteiger partial charge in [0, 0.05) is 12.6 Å². The smallest absolute Gasteiger partial charge is 0.410 e. The van der Waals surface area contributed by atoms with Gasteiger partial charge >= 0.3 is 6.09 Å². The molecule has 4 heteroatoms. The monoisotopic (exact) mass is 226 g/mol. The number of fused-ring (bicyclic) bond motifs is 1. The number of nitrogens with one attached hydrogen (secondary N) is 1. The topological polar surface area (TPSA) is 41.6 Å². The summed E-state index contributed by atoms with van der Waals surface area (Å²) in [6.07, 6.45) is 3.17. The van der Waals surface area contributed by atoms with Gasteiger partial charge in [-0.3, -0.25) is 0 Å². The zero-order valence-electron chi connectivity index (χ0n) is 10.5. The Hall–Kier alpha value is -0.770. The zero-order valence-corrected chi connectivity index (χ0v) is 10.5. The number of carbonyl (C=O) groups excluding carboxylic acids is 1. The molecular weight excluding hydrogens is 204 g/mol. The highest BCUT2D eigenvalue weighted by Gasteiger charge is 2.39. The molecule has 0 aliphatic carbocycles. The molecule has 0 aromatic carbocycles. The first-order chi connectivity index (χ1) is 7.47. The third-order valence-electron chi connectivity index (χ3n) is 3.26. The van der Waals surface area contributed by atoms with Gasteiger partial charge in [0.2, 0.25) is 0 Å². The van der Waals surface area contributed by atoms with Crippen molar-refractivity contribution in [2.45, 2.75) is 57.7 Å². The summed E-state index contributed by atoms with van der Waals surface area (Å²) < 4.78 is 5.43. The van der Waals surface area contributed by atoms with Crippen LogP contribution >= 0.6 is 0 Å². The van der Waals surface area contributed by atoms with E-state index >= 15 is 0 Å². The molecule has 2 aliphatic rings. The largest absolute Gasteiger partial charge is 0.444 e. The summed E-state index contributed by atoms with van der Waals surface area (Å²) in [5, 5.41) is 3.48. The lowest BCUT2D eigenvalue weighted by Gasteiger charge is -2.33. The lowest BCUT2D eigenvalue weighted by molar-refractivity contribution is 0.0197. The Morgan fingerprint density at radius 3 is 2.81 bits per heavy atom. The molecule has 0 spiro atoms. The van der Waals surface area contributed by atoms with Crippen LogP contribution in [0, 0.1) is 0 Å². The molecule has 92 valence electrons. The van der Waals surface area contributed by atoms with Crippen LogP contribution in [0.5, 0.6) is 0 Å². The maximum Gasteiger partial charge on any atom is 0.410 e. The minimum atomic E-state index is -0.392. The van der Waals surface area contributed by atoms with E-state index in [2.05, 4.69) is 5.32 Å². The molecule has 2 rings (SSSR count). The number of hydrogen-bond donors (Lipinski definition) is 1. The first-order valence-electron chi connectivity index (χ1n) is 6.20. The van der Waals surface area contributed by atoms with Crippen molar-refractivity contribution >= 4 is 6.09 Å². The van der Waals surface area contributed by atoms with E-state index in [1.165, 1.54) is 0 Å². The number of amides is 1. The molecule has 2 atom stereocenters. The van der Waals surface area contributed by atoms with E-state index in [1.54, 1.807) is 0 Å². The Balaban J connectivity index is 1.97. The van der Waals surface area contributed by atoms with Crippen molar-refractivity contribution < 1.29 is 9.53 Å². The average molecular weight is 226 g/mol. The Labute approximate surface area is 97.3 Å². The number of nitrogens with zero attached hydrogens (tertiary/aromatic N) is 1. The predicted molar refractivity (Wildman–Crippen MR) is 62.4 cm³/mol. The Morgan fingerprint density at radius 1 is 1.38 bits per heavy atom. The molecule has 0 saturated carbocycles. The molecule has 1 amide bonds. The molecule has 2 heterocycles.